The molecule has 158 valence electrons. The van der Waals surface area contributed by atoms with Gasteiger partial charge in [0.15, 0.2) is 11.6 Å². The SMILES string of the molecule is Cn1ccc(C(=O)Nc2nc(-c3cc(Cl)c4[nH]ncc4c3)c(-c3ccccc3)nc2N)c1. The van der Waals surface area contributed by atoms with E-state index in [-0.39, 0.29) is 17.5 Å². The fourth-order valence-corrected chi connectivity index (χ4v) is 3.78. The average Bonchev–Trinajstić information content (AvgIpc) is 3.44. The number of fused-ring (bicyclic) bond motifs is 1. The van der Waals surface area contributed by atoms with Gasteiger partial charge in [0.05, 0.1) is 33.7 Å². The lowest BCUT2D eigenvalue weighted by Gasteiger charge is -2.14. The van der Waals surface area contributed by atoms with Gasteiger partial charge in [-0.15, -0.1) is 0 Å². The van der Waals surface area contributed by atoms with E-state index >= 15 is 0 Å². The predicted molar refractivity (Wildman–Crippen MR) is 125 cm³/mol. The number of nitrogen functional groups attached to an aromatic ring is 1. The molecule has 0 aliphatic heterocycles. The Morgan fingerprint density at radius 1 is 1.09 bits per heavy atom. The van der Waals surface area contributed by atoms with Gasteiger partial charge < -0.3 is 15.6 Å². The normalized spacial score (nSPS) is 11.1. The highest BCUT2D eigenvalue weighted by Gasteiger charge is 2.19. The van der Waals surface area contributed by atoms with Crippen molar-refractivity contribution in [2.45, 2.75) is 0 Å². The summed E-state index contributed by atoms with van der Waals surface area (Å²) in [6.45, 7) is 0. The molecule has 32 heavy (non-hydrogen) atoms. The maximum Gasteiger partial charge on any atom is 0.258 e. The van der Waals surface area contributed by atoms with Crippen molar-refractivity contribution in [2.75, 3.05) is 11.1 Å². The summed E-state index contributed by atoms with van der Waals surface area (Å²) < 4.78 is 1.79. The van der Waals surface area contributed by atoms with Crippen molar-refractivity contribution in [3.05, 3.63) is 77.7 Å². The summed E-state index contributed by atoms with van der Waals surface area (Å²) in [5.74, 6) is -0.0300. The van der Waals surface area contributed by atoms with Crippen molar-refractivity contribution in [1.29, 1.82) is 0 Å². The van der Waals surface area contributed by atoms with Crippen LogP contribution >= 0.6 is 11.6 Å². The summed E-state index contributed by atoms with van der Waals surface area (Å²) in [6.07, 6.45) is 5.19. The molecule has 0 saturated heterocycles. The number of hydrogen-bond donors (Lipinski definition) is 3. The van der Waals surface area contributed by atoms with E-state index in [0.717, 1.165) is 22.0 Å². The number of halogens is 1. The zero-order valence-electron chi connectivity index (χ0n) is 17.0. The lowest BCUT2D eigenvalue weighted by molar-refractivity contribution is 0.102. The molecule has 3 aromatic heterocycles. The third-order valence-electron chi connectivity index (χ3n) is 5.07. The number of carbonyl (C=O) groups excluding carboxylic acids is 1. The molecule has 0 fully saturated rings. The Hall–Kier alpha value is -4.17. The number of nitrogens with one attached hydrogen (secondary N) is 2. The summed E-state index contributed by atoms with van der Waals surface area (Å²) in [6, 6.07) is 15.0. The van der Waals surface area contributed by atoms with Crippen LogP contribution in [0, 0.1) is 0 Å². The van der Waals surface area contributed by atoms with Crippen LogP contribution in [0.1, 0.15) is 10.4 Å². The number of aromatic nitrogens is 5. The van der Waals surface area contributed by atoms with Crippen LogP contribution in [-0.4, -0.2) is 30.6 Å². The molecular formula is C23H18ClN7O. The van der Waals surface area contributed by atoms with Gasteiger partial charge >= 0.3 is 0 Å². The molecule has 0 saturated carbocycles. The number of nitrogens with zero attached hydrogens (tertiary/aromatic N) is 4. The highest BCUT2D eigenvalue weighted by Crippen LogP contribution is 2.35. The van der Waals surface area contributed by atoms with Gasteiger partial charge in [-0.25, -0.2) is 9.97 Å². The minimum Gasteiger partial charge on any atom is -0.381 e. The van der Waals surface area contributed by atoms with Crippen molar-refractivity contribution in [3.8, 4) is 22.5 Å². The van der Waals surface area contributed by atoms with Crippen molar-refractivity contribution in [2.24, 2.45) is 7.05 Å². The number of nitrogens with two attached hydrogens (primary N) is 1. The summed E-state index contributed by atoms with van der Waals surface area (Å²) in [4.78, 5) is 22.0. The largest absolute Gasteiger partial charge is 0.381 e. The molecule has 8 nitrogen and oxygen atoms in total. The second-order valence-electron chi connectivity index (χ2n) is 7.33. The summed E-state index contributed by atoms with van der Waals surface area (Å²) in [7, 11) is 1.84. The van der Waals surface area contributed by atoms with E-state index in [0.29, 0.717) is 22.0 Å². The fraction of sp³-hybridized carbons (Fsp3) is 0.0435. The summed E-state index contributed by atoms with van der Waals surface area (Å²) in [5, 5.41) is 11.1. The monoisotopic (exact) mass is 443 g/mol. The van der Waals surface area contributed by atoms with Crippen LogP contribution in [0.2, 0.25) is 5.02 Å². The lowest BCUT2D eigenvalue weighted by Crippen LogP contribution is -2.15. The molecular weight excluding hydrogens is 426 g/mol. The quantitative estimate of drug-likeness (QED) is 0.378. The molecule has 0 atom stereocenters. The van der Waals surface area contributed by atoms with Gasteiger partial charge in [0.2, 0.25) is 0 Å². The van der Waals surface area contributed by atoms with Crippen LogP contribution in [0.3, 0.4) is 0 Å². The Bertz CT molecular complexity index is 1460. The number of rotatable bonds is 4. The van der Waals surface area contributed by atoms with Gasteiger partial charge in [0.25, 0.3) is 5.91 Å². The number of H-pyrrole nitrogens is 1. The number of hydrogen-bond acceptors (Lipinski definition) is 5. The molecule has 5 rings (SSSR count). The van der Waals surface area contributed by atoms with E-state index in [1.807, 2.05) is 43.4 Å². The van der Waals surface area contributed by atoms with E-state index in [1.165, 1.54) is 0 Å². The van der Waals surface area contributed by atoms with Crippen LogP contribution in [0.25, 0.3) is 33.4 Å². The van der Waals surface area contributed by atoms with Gasteiger partial charge in [-0.05, 0) is 18.2 Å². The number of aromatic amines is 1. The highest BCUT2D eigenvalue weighted by molar-refractivity contribution is 6.35. The Balaban J connectivity index is 1.66. The van der Waals surface area contributed by atoms with E-state index in [2.05, 4.69) is 20.5 Å². The molecule has 0 radical (unpaired) electrons. The average molecular weight is 444 g/mol. The van der Waals surface area contributed by atoms with Crippen LogP contribution in [0.5, 0.6) is 0 Å². The fourth-order valence-electron chi connectivity index (χ4n) is 3.51. The molecule has 3 heterocycles. The van der Waals surface area contributed by atoms with E-state index in [4.69, 9.17) is 22.3 Å². The minimum absolute atomic E-state index is 0.118. The van der Waals surface area contributed by atoms with Crippen molar-refractivity contribution < 1.29 is 4.79 Å². The van der Waals surface area contributed by atoms with Gasteiger partial charge in [-0.1, -0.05) is 41.9 Å². The molecule has 0 aliphatic rings. The number of anilines is 2. The van der Waals surface area contributed by atoms with Crippen LogP contribution in [-0.2, 0) is 7.05 Å². The first-order valence-corrected chi connectivity index (χ1v) is 10.2. The maximum atomic E-state index is 12.7. The number of benzene rings is 2. The van der Waals surface area contributed by atoms with Gasteiger partial charge in [-0.2, -0.15) is 5.10 Å². The Kier molecular flexibility index (Phi) is 4.84. The lowest BCUT2D eigenvalue weighted by atomic mass is 10.0. The number of amides is 1. The van der Waals surface area contributed by atoms with Gasteiger partial charge in [-0.3, -0.25) is 9.89 Å². The molecule has 1 amide bonds. The summed E-state index contributed by atoms with van der Waals surface area (Å²) in [5.41, 5.74) is 10.1. The summed E-state index contributed by atoms with van der Waals surface area (Å²) >= 11 is 6.47. The zero-order chi connectivity index (χ0) is 22.2. The van der Waals surface area contributed by atoms with Crippen LogP contribution in [0.4, 0.5) is 11.6 Å². The first kappa shape index (κ1) is 19.8. The van der Waals surface area contributed by atoms with Crippen LogP contribution in [0.15, 0.2) is 67.1 Å². The number of aryl methyl sites for hydroxylation is 1. The third kappa shape index (κ3) is 3.57. The predicted octanol–water partition coefficient (Wildman–Crippen LogP) is 4.51. The van der Waals surface area contributed by atoms with E-state index < -0.39 is 0 Å². The Morgan fingerprint density at radius 3 is 2.62 bits per heavy atom. The molecule has 0 bridgehead atoms. The van der Waals surface area contributed by atoms with Crippen molar-refractivity contribution in [3.63, 3.8) is 0 Å². The molecule has 9 heteroatoms. The Morgan fingerprint density at radius 2 is 1.88 bits per heavy atom. The molecule has 5 aromatic rings. The van der Waals surface area contributed by atoms with Crippen molar-refractivity contribution in [1.82, 2.24) is 24.7 Å². The van der Waals surface area contributed by atoms with Crippen molar-refractivity contribution >= 4 is 40.0 Å². The molecule has 4 N–H and O–H groups in total. The molecule has 2 aromatic carbocycles. The Labute approximate surface area is 188 Å². The van der Waals surface area contributed by atoms with Gasteiger partial charge in [0, 0.05) is 36.0 Å². The van der Waals surface area contributed by atoms with E-state index in [9.17, 15) is 4.79 Å². The molecule has 0 unspecified atom stereocenters. The minimum atomic E-state index is -0.326. The second kappa shape index (κ2) is 7.82. The standard InChI is InChI=1S/C23H18ClN7O/c1-31-8-7-14(12-31)23(32)29-22-21(25)27-19(13-5-3-2-4-6-13)20(28-22)15-9-16-11-26-30-18(16)17(24)10-15/h2-12H,1H3,(H2,25,27)(H,26,30)(H,28,29,32). The van der Waals surface area contributed by atoms with Crippen LogP contribution < -0.4 is 11.1 Å². The smallest absolute Gasteiger partial charge is 0.258 e. The third-order valence-corrected chi connectivity index (χ3v) is 5.37. The molecule has 0 aliphatic carbocycles. The first-order valence-electron chi connectivity index (χ1n) is 9.79. The number of carbonyl (C=O) groups is 1. The topological polar surface area (TPSA) is 115 Å². The van der Waals surface area contributed by atoms with Gasteiger partial charge in [0.1, 0.15) is 0 Å². The first-order chi connectivity index (χ1) is 15.5. The second-order valence-corrected chi connectivity index (χ2v) is 7.74. The maximum absolute atomic E-state index is 12.7. The highest BCUT2D eigenvalue weighted by atomic mass is 35.5. The molecule has 0 spiro atoms. The zero-order valence-corrected chi connectivity index (χ0v) is 17.8. The van der Waals surface area contributed by atoms with E-state index in [1.54, 1.807) is 35.3 Å².